The molecule has 1 fully saturated rings. The Hall–Kier alpha value is -1.94. The van der Waals surface area contributed by atoms with E-state index in [1.54, 1.807) is 23.9 Å². The van der Waals surface area contributed by atoms with Crippen molar-refractivity contribution >= 4 is 47.2 Å². The van der Waals surface area contributed by atoms with E-state index in [-0.39, 0.29) is 18.1 Å². The van der Waals surface area contributed by atoms with Gasteiger partial charge in [0.15, 0.2) is 17.3 Å². The SMILES string of the molecule is Cl.Cn1nc(C2CCNCC2)nc1NC(=O)c1cc(-c2ccc(Cl)s2)on1. The zero-order chi connectivity index (χ0) is 18.1. The number of carbonyl (C=O) groups excluding carboxylic acids is 1. The Bertz CT molecular complexity index is 931. The summed E-state index contributed by atoms with van der Waals surface area (Å²) in [6, 6.07) is 5.18. The highest BCUT2D eigenvalue weighted by atomic mass is 35.5. The average molecular weight is 429 g/mol. The molecular formula is C16H18Cl2N6O2S. The molecule has 0 saturated carbocycles. The fourth-order valence-electron chi connectivity index (χ4n) is 2.88. The van der Waals surface area contributed by atoms with Gasteiger partial charge in [-0.25, -0.2) is 4.68 Å². The van der Waals surface area contributed by atoms with Crippen LogP contribution < -0.4 is 10.6 Å². The lowest BCUT2D eigenvalue weighted by atomic mass is 9.98. The summed E-state index contributed by atoms with van der Waals surface area (Å²) in [6.07, 6.45) is 1.99. The quantitative estimate of drug-likeness (QED) is 0.660. The molecule has 1 aliphatic rings. The Morgan fingerprint density at radius 1 is 1.41 bits per heavy atom. The van der Waals surface area contributed by atoms with E-state index in [1.807, 2.05) is 6.07 Å². The highest BCUT2D eigenvalue weighted by molar-refractivity contribution is 7.19. The van der Waals surface area contributed by atoms with E-state index in [2.05, 4.69) is 25.9 Å². The van der Waals surface area contributed by atoms with Crippen molar-refractivity contribution in [3.8, 4) is 10.6 Å². The van der Waals surface area contributed by atoms with Gasteiger partial charge in [-0.2, -0.15) is 10.1 Å². The Kier molecular flexibility index (Phi) is 6.15. The topological polar surface area (TPSA) is 97.9 Å². The van der Waals surface area contributed by atoms with Crippen LogP contribution in [0.3, 0.4) is 0 Å². The van der Waals surface area contributed by atoms with Gasteiger partial charge in [-0.3, -0.25) is 10.1 Å². The molecule has 1 amide bonds. The number of nitrogens with one attached hydrogen (secondary N) is 2. The second-order valence-electron chi connectivity index (χ2n) is 6.08. The molecule has 11 heteroatoms. The van der Waals surface area contributed by atoms with Crippen LogP contribution in [0.5, 0.6) is 0 Å². The molecule has 0 radical (unpaired) electrons. The normalized spacial score (nSPS) is 14.7. The van der Waals surface area contributed by atoms with Crippen LogP contribution in [-0.2, 0) is 7.05 Å². The number of rotatable bonds is 4. The van der Waals surface area contributed by atoms with Crippen molar-refractivity contribution in [2.45, 2.75) is 18.8 Å². The number of aromatic nitrogens is 4. The molecule has 0 aliphatic carbocycles. The number of piperidine rings is 1. The third-order valence-corrected chi connectivity index (χ3v) is 5.51. The maximum Gasteiger partial charge on any atom is 0.280 e. The van der Waals surface area contributed by atoms with Crippen molar-refractivity contribution in [1.82, 2.24) is 25.2 Å². The zero-order valence-corrected chi connectivity index (χ0v) is 16.8. The van der Waals surface area contributed by atoms with Crippen LogP contribution in [0.4, 0.5) is 5.95 Å². The minimum absolute atomic E-state index is 0. The minimum Gasteiger partial charge on any atom is -0.355 e. The van der Waals surface area contributed by atoms with Gasteiger partial charge in [0.25, 0.3) is 5.91 Å². The van der Waals surface area contributed by atoms with E-state index >= 15 is 0 Å². The van der Waals surface area contributed by atoms with Crippen LogP contribution in [0.15, 0.2) is 22.7 Å². The molecule has 0 bridgehead atoms. The molecule has 3 aromatic rings. The molecule has 27 heavy (non-hydrogen) atoms. The first-order valence-electron chi connectivity index (χ1n) is 8.25. The number of halogens is 2. The number of nitrogens with zero attached hydrogens (tertiary/aromatic N) is 4. The molecule has 0 unspecified atom stereocenters. The summed E-state index contributed by atoms with van der Waals surface area (Å²) in [5.74, 6) is 1.58. The van der Waals surface area contributed by atoms with Gasteiger partial charge in [0.05, 0.1) is 9.21 Å². The second kappa shape index (κ2) is 8.39. The fourth-order valence-corrected chi connectivity index (χ4v) is 3.87. The smallest absolute Gasteiger partial charge is 0.280 e. The number of anilines is 1. The first-order valence-corrected chi connectivity index (χ1v) is 9.45. The average Bonchev–Trinajstić information content (AvgIpc) is 3.36. The van der Waals surface area contributed by atoms with Gasteiger partial charge in [0.1, 0.15) is 0 Å². The molecule has 0 aromatic carbocycles. The van der Waals surface area contributed by atoms with Crippen LogP contribution >= 0.6 is 35.3 Å². The van der Waals surface area contributed by atoms with Crippen LogP contribution in [-0.4, -0.2) is 38.9 Å². The summed E-state index contributed by atoms with van der Waals surface area (Å²) in [4.78, 5) is 17.8. The third-order valence-electron chi connectivity index (χ3n) is 4.27. The molecule has 4 rings (SSSR count). The van der Waals surface area contributed by atoms with Crippen LogP contribution in [0.25, 0.3) is 10.6 Å². The predicted molar refractivity (Wildman–Crippen MR) is 106 cm³/mol. The van der Waals surface area contributed by atoms with Crippen molar-refractivity contribution in [2.75, 3.05) is 18.4 Å². The minimum atomic E-state index is -0.394. The number of hydrogen-bond acceptors (Lipinski definition) is 7. The lowest BCUT2D eigenvalue weighted by molar-refractivity contribution is 0.101. The summed E-state index contributed by atoms with van der Waals surface area (Å²) >= 11 is 7.29. The Morgan fingerprint density at radius 2 is 2.19 bits per heavy atom. The number of aryl methyl sites for hydroxylation is 1. The summed E-state index contributed by atoms with van der Waals surface area (Å²) in [7, 11) is 1.76. The largest absolute Gasteiger partial charge is 0.355 e. The van der Waals surface area contributed by atoms with Crippen LogP contribution in [0.2, 0.25) is 4.34 Å². The molecule has 1 aliphatic heterocycles. The molecule has 144 valence electrons. The Morgan fingerprint density at radius 3 is 2.89 bits per heavy atom. The van der Waals surface area contributed by atoms with Crippen molar-refractivity contribution in [2.24, 2.45) is 7.05 Å². The van der Waals surface area contributed by atoms with Gasteiger partial charge in [0.2, 0.25) is 5.95 Å². The molecule has 1 saturated heterocycles. The lowest BCUT2D eigenvalue weighted by Crippen LogP contribution is -2.27. The maximum atomic E-state index is 12.5. The summed E-state index contributed by atoms with van der Waals surface area (Å²) in [5.41, 5.74) is 0.177. The van der Waals surface area contributed by atoms with E-state index in [0.29, 0.717) is 22.0 Å². The number of thiophene rings is 1. The molecule has 0 atom stereocenters. The van der Waals surface area contributed by atoms with E-state index in [4.69, 9.17) is 16.1 Å². The number of amides is 1. The Labute approximate surface area is 170 Å². The Balaban J connectivity index is 0.00000210. The predicted octanol–water partition coefficient (Wildman–Crippen LogP) is 3.33. The van der Waals surface area contributed by atoms with Gasteiger partial charge in [-0.05, 0) is 38.1 Å². The lowest BCUT2D eigenvalue weighted by Gasteiger charge is -2.19. The number of hydrogen-bond donors (Lipinski definition) is 2. The monoisotopic (exact) mass is 428 g/mol. The second-order valence-corrected chi connectivity index (χ2v) is 7.79. The number of carbonyl (C=O) groups is 1. The molecule has 2 N–H and O–H groups in total. The highest BCUT2D eigenvalue weighted by Gasteiger charge is 2.22. The van der Waals surface area contributed by atoms with E-state index < -0.39 is 5.91 Å². The summed E-state index contributed by atoms with van der Waals surface area (Å²) < 4.78 is 7.47. The maximum absolute atomic E-state index is 12.5. The highest BCUT2D eigenvalue weighted by Crippen LogP contribution is 2.31. The van der Waals surface area contributed by atoms with Gasteiger partial charge in [-0.1, -0.05) is 16.8 Å². The molecular weight excluding hydrogens is 411 g/mol. The molecule has 0 spiro atoms. The van der Waals surface area contributed by atoms with E-state index in [0.717, 1.165) is 36.6 Å². The van der Waals surface area contributed by atoms with Gasteiger partial charge >= 0.3 is 0 Å². The van der Waals surface area contributed by atoms with E-state index in [9.17, 15) is 4.79 Å². The van der Waals surface area contributed by atoms with Crippen LogP contribution in [0.1, 0.15) is 35.1 Å². The van der Waals surface area contributed by atoms with Crippen molar-refractivity contribution in [1.29, 1.82) is 0 Å². The molecule has 8 nitrogen and oxygen atoms in total. The van der Waals surface area contributed by atoms with Crippen LogP contribution in [0, 0.1) is 0 Å². The first-order chi connectivity index (χ1) is 12.6. The van der Waals surface area contributed by atoms with E-state index in [1.165, 1.54) is 11.3 Å². The standard InChI is InChI=1S/C16H17ClN6O2S.ClH/c1-23-16(19-14(21-23)9-4-6-18-7-5-9)20-15(24)10-8-11(25-22-10)12-2-3-13(17)26-12;/h2-3,8-9,18H,4-7H2,1H3,(H,19,20,21,24);1H. The molecule has 3 aromatic heterocycles. The van der Waals surface area contributed by atoms with Gasteiger partial charge in [-0.15, -0.1) is 23.7 Å². The van der Waals surface area contributed by atoms with Gasteiger partial charge in [0, 0.05) is 19.0 Å². The van der Waals surface area contributed by atoms with Crippen molar-refractivity contribution < 1.29 is 9.32 Å². The summed E-state index contributed by atoms with van der Waals surface area (Å²) in [5, 5.41) is 14.3. The van der Waals surface area contributed by atoms with Crippen molar-refractivity contribution in [3.63, 3.8) is 0 Å². The zero-order valence-electron chi connectivity index (χ0n) is 14.4. The molecule has 4 heterocycles. The van der Waals surface area contributed by atoms with Crippen molar-refractivity contribution in [3.05, 3.63) is 34.1 Å². The first kappa shape index (κ1) is 19.8. The third kappa shape index (κ3) is 4.32. The van der Waals surface area contributed by atoms with Gasteiger partial charge < -0.3 is 9.84 Å². The summed E-state index contributed by atoms with van der Waals surface area (Å²) in [6.45, 7) is 1.91. The fraction of sp³-hybridized carbons (Fsp3) is 0.375.